The van der Waals surface area contributed by atoms with Gasteiger partial charge in [-0.15, -0.1) is 0 Å². The molecule has 3 heterocycles. The first-order valence-electron chi connectivity index (χ1n) is 10.0. The second kappa shape index (κ2) is 7.84. The van der Waals surface area contributed by atoms with Crippen LogP contribution in [0.15, 0.2) is 24.7 Å². The van der Waals surface area contributed by atoms with Gasteiger partial charge in [0.25, 0.3) is 0 Å². The molecule has 1 saturated carbocycles. The Labute approximate surface area is 172 Å². The van der Waals surface area contributed by atoms with Crippen LogP contribution in [0.3, 0.4) is 0 Å². The Morgan fingerprint density at radius 3 is 2.80 bits per heavy atom. The van der Waals surface area contributed by atoms with Gasteiger partial charge in [0.15, 0.2) is 11.3 Å². The highest BCUT2D eigenvalue weighted by Gasteiger charge is 2.37. The van der Waals surface area contributed by atoms with Crippen LogP contribution < -0.4 is 4.72 Å². The van der Waals surface area contributed by atoms with Gasteiger partial charge in [-0.25, -0.2) is 23.1 Å². The average Bonchev–Trinajstić information content (AvgIpc) is 3.40. The molecule has 0 aromatic carbocycles. The molecule has 0 radical (unpaired) electrons. The van der Waals surface area contributed by atoms with Gasteiger partial charge in [0.2, 0.25) is 10.0 Å². The van der Waals surface area contributed by atoms with Crippen molar-refractivity contribution in [3.05, 3.63) is 30.4 Å². The number of halogens is 3. The summed E-state index contributed by atoms with van der Waals surface area (Å²) in [6.45, 7) is 2.26. The molecule has 0 aliphatic heterocycles. The maximum absolute atomic E-state index is 12.3. The Bertz CT molecular complexity index is 1140. The number of rotatable bonds is 7. The Morgan fingerprint density at radius 2 is 2.07 bits per heavy atom. The fourth-order valence-corrected chi connectivity index (χ4v) is 5.68. The van der Waals surface area contributed by atoms with Gasteiger partial charge in [-0.1, -0.05) is 13.3 Å². The third kappa shape index (κ3) is 4.31. The van der Waals surface area contributed by atoms with Crippen LogP contribution >= 0.6 is 0 Å². The number of H-pyrrole nitrogens is 1. The summed E-state index contributed by atoms with van der Waals surface area (Å²) in [6.07, 6.45) is 2.07. The number of hydrogen-bond donors (Lipinski definition) is 2. The lowest BCUT2D eigenvalue weighted by Gasteiger charge is -2.17. The minimum Gasteiger partial charge on any atom is -0.345 e. The first-order chi connectivity index (χ1) is 14.2. The molecular weight excluding hydrogens is 419 g/mol. The van der Waals surface area contributed by atoms with Crippen LogP contribution in [0.2, 0.25) is 0 Å². The molecule has 164 valence electrons. The highest BCUT2D eigenvalue weighted by atomic mass is 32.2. The predicted octanol–water partition coefficient (Wildman–Crippen LogP) is 3.60. The third-order valence-electron chi connectivity index (χ3n) is 6.01. The third-order valence-corrected chi connectivity index (χ3v) is 7.36. The van der Waals surface area contributed by atoms with Crippen LogP contribution in [-0.4, -0.2) is 46.2 Å². The summed E-state index contributed by atoms with van der Waals surface area (Å²) in [7, 11) is -3.95. The molecule has 7 nitrogen and oxygen atoms in total. The summed E-state index contributed by atoms with van der Waals surface area (Å²) >= 11 is 0. The van der Waals surface area contributed by atoms with Crippen LogP contribution in [0, 0.1) is 11.8 Å². The number of nitrogens with zero attached hydrogens (tertiary/aromatic N) is 3. The van der Waals surface area contributed by atoms with E-state index in [1.807, 2.05) is 18.5 Å². The van der Waals surface area contributed by atoms with Crippen molar-refractivity contribution in [3.63, 3.8) is 0 Å². The van der Waals surface area contributed by atoms with Crippen LogP contribution in [0.25, 0.3) is 16.8 Å². The minimum absolute atomic E-state index is 0.0646. The molecule has 0 saturated heterocycles. The monoisotopic (exact) mass is 443 g/mol. The zero-order valence-corrected chi connectivity index (χ0v) is 17.3. The molecule has 1 aliphatic rings. The highest BCUT2D eigenvalue weighted by molar-refractivity contribution is 7.89. The maximum Gasteiger partial charge on any atom is 0.390 e. The fourth-order valence-electron chi connectivity index (χ4n) is 4.54. The molecule has 30 heavy (non-hydrogen) atoms. The second-order valence-corrected chi connectivity index (χ2v) is 9.92. The van der Waals surface area contributed by atoms with Gasteiger partial charge in [0.05, 0.1) is 23.9 Å². The summed E-state index contributed by atoms with van der Waals surface area (Å²) in [5.74, 6) is -0.336. The van der Waals surface area contributed by atoms with Crippen molar-refractivity contribution >= 4 is 26.8 Å². The van der Waals surface area contributed by atoms with E-state index >= 15 is 0 Å². The Morgan fingerprint density at radius 1 is 1.27 bits per heavy atom. The minimum atomic E-state index is -4.48. The normalized spacial score (nSPS) is 23.0. The highest BCUT2D eigenvalue weighted by Crippen LogP contribution is 2.45. The van der Waals surface area contributed by atoms with Crippen molar-refractivity contribution in [1.29, 1.82) is 0 Å². The molecule has 1 aliphatic carbocycles. The van der Waals surface area contributed by atoms with Crippen molar-refractivity contribution in [2.75, 3.05) is 12.3 Å². The topological polar surface area (TPSA) is 92.2 Å². The first-order valence-corrected chi connectivity index (χ1v) is 11.7. The fraction of sp³-hybridized carbons (Fsp3) is 0.579. The Balaban J connectivity index is 1.50. The van der Waals surface area contributed by atoms with Crippen molar-refractivity contribution in [2.45, 2.75) is 44.7 Å². The molecular formula is C19H24F3N5O2S. The van der Waals surface area contributed by atoms with Gasteiger partial charge in [-0.3, -0.25) is 4.40 Å². The smallest absolute Gasteiger partial charge is 0.345 e. The van der Waals surface area contributed by atoms with E-state index in [0.717, 1.165) is 41.8 Å². The van der Waals surface area contributed by atoms with Crippen LogP contribution in [0.1, 0.15) is 44.2 Å². The van der Waals surface area contributed by atoms with Gasteiger partial charge < -0.3 is 4.98 Å². The summed E-state index contributed by atoms with van der Waals surface area (Å²) in [5, 5.41) is 0. The van der Waals surface area contributed by atoms with Crippen LogP contribution in [-0.2, 0) is 10.0 Å². The molecule has 0 spiro atoms. The van der Waals surface area contributed by atoms with Gasteiger partial charge in [-0.05, 0) is 30.7 Å². The van der Waals surface area contributed by atoms with E-state index in [2.05, 4.69) is 31.0 Å². The van der Waals surface area contributed by atoms with Crippen molar-refractivity contribution in [3.8, 4) is 0 Å². The number of nitrogens with one attached hydrogen (secondary N) is 2. The summed E-state index contributed by atoms with van der Waals surface area (Å²) in [5.41, 5.74) is 3.52. The standard InChI is InChI=1S/C19H24F3N5O2S/c1-2-13-7-12(9-26-30(28,29)6-4-19(20,21)22)8-14(13)16-10-24-17-11-25-18-15(27(16)17)3-5-23-18/h3,5,10-14,23,26H,2,4,6-9H2,1H3/t12-,13-,14+/m0/s1. The number of imidazole rings is 1. The van der Waals surface area contributed by atoms with Gasteiger partial charge >= 0.3 is 6.18 Å². The van der Waals surface area contributed by atoms with E-state index in [1.54, 1.807) is 6.20 Å². The summed E-state index contributed by atoms with van der Waals surface area (Å²) < 4.78 is 65.4. The number of aromatic nitrogens is 4. The molecule has 0 bridgehead atoms. The van der Waals surface area contributed by atoms with Gasteiger partial charge in [0, 0.05) is 30.6 Å². The first kappa shape index (κ1) is 21.1. The van der Waals surface area contributed by atoms with Crippen molar-refractivity contribution in [1.82, 2.24) is 24.1 Å². The number of hydrogen-bond acceptors (Lipinski definition) is 4. The van der Waals surface area contributed by atoms with Crippen LogP contribution in [0.5, 0.6) is 0 Å². The van der Waals surface area contributed by atoms with Crippen molar-refractivity contribution < 1.29 is 21.6 Å². The molecule has 3 aromatic rings. The number of sulfonamides is 1. The summed E-state index contributed by atoms with van der Waals surface area (Å²) in [6, 6.07) is 1.95. The molecule has 4 rings (SSSR count). The van der Waals surface area contributed by atoms with E-state index in [0.29, 0.717) is 5.92 Å². The van der Waals surface area contributed by atoms with Crippen LogP contribution in [0.4, 0.5) is 13.2 Å². The maximum atomic E-state index is 12.3. The Kier molecular flexibility index (Phi) is 5.52. The number of aromatic amines is 1. The Hall–Kier alpha value is -2.14. The predicted molar refractivity (Wildman–Crippen MR) is 107 cm³/mol. The van der Waals surface area contributed by atoms with E-state index in [-0.39, 0.29) is 18.4 Å². The number of alkyl halides is 3. The lowest BCUT2D eigenvalue weighted by Crippen LogP contribution is -2.32. The van der Waals surface area contributed by atoms with E-state index in [4.69, 9.17) is 0 Å². The molecule has 0 amide bonds. The summed E-state index contributed by atoms with van der Waals surface area (Å²) in [4.78, 5) is 11.9. The van der Waals surface area contributed by atoms with Gasteiger partial charge in [0.1, 0.15) is 0 Å². The molecule has 3 atom stereocenters. The molecule has 1 fully saturated rings. The number of fused-ring (bicyclic) bond motifs is 3. The zero-order chi connectivity index (χ0) is 21.5. The quantitative estimate of drug-likeness (QED) is 0.584. The largest absolute Gasteiger partial charge is 0.390 e. The molecule has 11 heteroatoms. The second-order valence-electron chi connectivity index (χ2n) is 7.99. The van der Waals surface area contributed by atoms with Crippen molar-refractivity contribution in [2.24, 2.45) is 11.8 Å². The molecule has 0 unspecified atom stereocenters. The molecule has 2 N–H and O–H groups in total. The SMILES string of the molecule is CC[C@H]1C[C@H](CNS(=O)(=O)CCC(F)(F)F)C[C@H]1c1cnc2cnc3[nH]ccc3n12. The lowest BCUT2D eigenvalue weighted by molar-refractivity contribution is -0.129. The van der Waals surface area contributed by atoms with E-state index < -0.39 is 28.4 Å². The lowest BCUT2D eigenvalue weighted by atomic mass is 9.91. The van der Waals surface area contributed by atoms with E-state index in [9.17, 15) is 21.6 Å². The van der Waals surface area contributed by atoms with E-state index in [1.165, 1.54) is 0 Å². The zero-order valence-electron chi connectivity index (χ0n) is 16.5. The average molecular weight is 443 g/mol. The molecule has 3 aromatic heterocycles. The van der Waals surface area contributed by atoms with Gasteiger partial charge in [-0.2, -0.15) is 13.2 Å².